The quantitative estimate of drug-likeness (QED) is 0.839. The summed E-state index contributed by atoms with van der Waals surface area (Å²) in [7, 11) is 0. The van der Waals surface area contributed by atoms with Crippen molar-refractivity contribution in [3.05, 3.63) is 29.3 Å². The van der Waals surface area contributed by atoms with Gasteiger partial charge in [0.05, 0.1) is 0 Å². The van der Waals surface area contributed by atoms with Crippen LogP contribution in [0.5, 0.6) is 5.75 Å². The molecule has 1 amide bonds. The maximum atomic E-state index is 11.9. The molecule has 1 aromatic carbocycles. The van der Waals surface area contributed by atoms with Crippen molar-refractivity contribution in [1.82, 2.24) is 5.32 Å². The number of phenolic OH excluding ortho intramolecular Hbond substituents is 1. The molecular weight excluding hydrogens is 282 g/mol. The van der Waals surface area contributed by atoms with Gasteiger partial charge in [-0.05, 0) is 37.8 Å². The largest absolute Gasteiger partial charge is 0.508 e. The van der Waals surface area contributed by atoms with Gasteiger partial charge < -0.3 is 10.4 Å². The summed E-state index contributed by atoms with van der Waals surface area (Å²) in [5.74, 6) is 0.749. The average molecular weight is 298 g/mol. The number of nitrogens with one attached hydrogen (secondary N) is 1. The topological polar surface area (TPSA) is 49.3 Å². The number of alkyl halides is 1. The SMILES string of the molecule is Cc1c(O)cccc1C(=O)NCC(Br)C1CC1. The summed E-state index contributed by atoms with van der Waals surface area (Å²) < 4.78 is 0. The maximum absolute atomic E-state index is 11.9. The first kappa shape index (κ1) is 12.4. The van der Waals surface area contributed by atoms with Crippen molar-refractivity contribution in [2.45, 2.75) is 24.6 Å². The molecule has 1 aromatic rings. The van der Waals surface area contributed by atoms with Crippen molar-refractivity contribution in [2.75, 3.05) is 6.54 Å². The molecule has 0 heterocycles. The van der Waals surface area contributed by atoms with Crippen LogP contribution in [0.3, 0.4) is 0 Å². The number of benzene rings is 1. The summed E-state index contributed by atoms with van der Waals surface area (Å²) in [6.07, 6.45) is 2.49. The van der Waals surface area contributed by atoms with E-state index in [2.05, 4.69) is 21.2 Å². The van der Waals surface area contributed by atoms with Crippen LogP contribution in [0.25, 0.3) is 0 Å². The Morgan fingerprint density at radius 2 is 2.29 bits per heavy atom. The number of amides is 1. The predicted octanol–water partition coefficient (Wildman–Crippen LogP) is 2.60. The molecule has 1 aliphatic carbocycles. The highest BCUT2D eigenvalue weighted by molar-refractivity contribution is 9.09. The van der Waals surface area contributed by atoms with Crippen LogP contribution in [0.15, 0.2) is 18.2 Å². The molecule has 2 rings (SSSR count). The molecule has 1 fully saturated rings. The van der Waals surface area contributed by atoms with Crippen molar-refractivity contribution >= 4 is 21.8 Å². The Balaban J connectivity index is 1.96. The Bertz CT molecular complexity index is 429. The van der Waals surface area contributed by atoms with Crippen LogP contribution < -0.4 is 5.32 Å². The third kappa shape index (κ3) is 3.00. The minimum atomic E-state index is -0.122. The van der Waals surface area contributed by atoms with E-state index in [-0.39, 0.29) is 11.7 Å². The first-order chi connectivity index (χ1) is 8.09. The van der Waals surface area contributed by atoms with E-state index in [4.69, 9.17) is 0 Å². The lowest BCUT2D eigenvalue weighted by Crippen LogP contribution is -2.30. The zero-order valence-electron chi connectivity index (χ0n) is 9.74. The third-order valence-corrected chi connectivity index (χ3v) is 4.21. The average Bonchev–Trinajstić information content (AvgIpc) is 3.13. The van der Waals surface area contributed by atoms with Crippen LogP contribution in [0, 0.1) is 12.8 Å². The minimum Gasteiger partial charge on any atom is -0.508 e. The van der Waals surface area contributed by atoms with Gasteiger partial charge in [0.25, 0.3) is 5.91 Å². The molecule has 1 saturated carbocycles. The van der Waals surface area contributed by atoms with Crippen LogP contribution in [0.4, 0.5) is 0 Å². The van der Waals surface area contributed by atoms with Crippen LogP contribution in [0.1, 0.15) is 28.8 Å². The zero-order valence-corrected chi connectivity index (χ0v) is 11.3. The van der Waals surface area contributed by atoms with Gasteiger partial charge in [0.2, 0.25) is 0 Å². The Kier molecular flexibility index (Phi) is 3.72. The van der Waals surface area contributed by atoms with Crippen molar-refractivity contribution < 1.29 is 9.90 Å². The van der Waals surface area contributed by atoms with E-state index in [1.165, 1.54) is 12.8 Å². The van der Waals surface area contributed by atoms with Crippen LogP contribution in [-0.2, 0) is 0 Å². The third-order valence-electron chi connectivity index (χ3n) is 3.14. The second-order valence-electron chi connectivity index (χ2n) is 4.51. The van der Waals surface area contributed by atoms with Crippen LogP contribution in [-0.4, -0.2) is 22.4 Å². The second kappa shape index (κ2) is 5.08. The maximum Gasteiger partial charge on any atom is 0.251 e. The summed E-state index contributed by atoms with van der Waals surface area (Å²) in [4.78, 5) is 12.3. The molecular formula is C13H16BrNO2. The lowest BCUT2D eigenvalue weighted by atomic mass is 10.1. The normalized spacial score (nSPS) is 16.6. The van der Waals surface area contributed by atoms with Gasteiger partial charge in [-0.1, -0.05) is 22.0 Å². The van der Waals surface area contributed by atoms with E-state index in [1.54, 1.807) is 25.1 Å². The first-order valence-electron chi connectivity index (χ1n) is 5.80. The highest BCUT2D eigenvalue weighted by Crippen LogP contribution is 2.36. The van der Waals surface area contributed by atoms with E-state index in [0.29, 0.717) is 28.4 Å². The number of aromatic hydroxyl groups is 1. The van der Waals surface area contributed by atoms with Gasteiger partial charge in [-0.15, -0.1) is 0 Å². The van der Waals surface area contributed by atoms with Gasteiger partial charge in [-0.2, -0.15) is 0 Å². The summed E-state index contributed by atoms with van der Waals surface area (Å²) in [6.45, 7) is 2.38. The monoisotopic (exact) mass is 297 g/mol. The molecule has 1 unspecified atom stereocenters. The molecule has 1 atom stereocenters. The van der Waals surface area contributed by atoms with Gasteiger partial charge >= 0.3 is 0 Å². The fraction of sp³-hybridized carbons (Fsp3) is 0.462. The predicted molar refractivity (Wildman–Crippen MR) is 70.6 cm³/mol. The highest BCUT2D eigenvalue weighted by atomic mass is 79.9. The fourth-order valence-corrected chi connectivity index (χ4v) is 2.47. The number of carbonyl (C=O) groups excluding carboxylic acids is 1. The van der Waals surface area contributed by atoms with Gasteiger partial charge in [0.15, 0.2) is 0 Å². The molecule has 4 heteroatoms. The zero-order chi connectivity index (χ0) is 12.4. The molecule has 2 N–H and O–H groups in total. The molecule has 92 valence electrons. The Morgan fingerprint density at radius 1 is 1.59 bits per heavy atom. The van der Waals surface area contributed by atoms with Crippen molar-refractivity contribution in [2.24, 2.45) is 5.92 Å². The van der Waals surface area contributed by atoms with E-state index < -0.39 is 0 Å². The number of phenols is 1. The Morgan fingerprint density at radius 3 is 2.94 bits per heavy atom. The number of halogens is 1. The smallest absolute Gasteiger partial charge is 0.251 e. The summed E-state index contributed by atoms with van der Waals surface area (Å²) >= 11 is 3.57. The molecule has 0 bridgehead atoms. The molecule has 3 nitrogen and oxygen atoms in total. The van der Waals surface area contributed by atoms with E-state index in [9.17, 15) is 9.90 Å². The molecule has 1 aliphatic rings. The van der Waals surface area contributed by atoms with E-state index >= 15 is 0 Å². The fourth-order valence-electron chi connectivity index (χ4n) is 1.78. The molecule has 17 heavy (non-hydrogen) atoms. The van der Waals surface area contributed by atoms with Crippen molar-refractivity contribution in [3.8, 4) is 5.75 Å². The Labute approximate surface area is 109 Å². The first-order valence-corrected chi connectivity index (χ1v) is 6.72. The second-order valence-corrected chi connectivity index (χ2v) is 5.69. The van der Waals surface area contributed by atoms with Crippen LogP contribution >= 0.6 is 15.9 Å². The molecule has 0 spiro atoms. The molecule has 0 saturated heterocycles. The number of hydrogen-bond acceptors (Lipinski definition) is 2. The standard InChI is InChI=1S/C13H16BrNO2/c1-8-10(3-2-4-12(8)16)13(17)15-7-11(14)9-5-6-9/h2-4,9,11,16H,5-7H2,1H3,(H,15,17). The van der Waals surface area contributed by atoms with Gasteiger partial charge in [-0.3, -0.25) is 4.79 Å². The molecule has 0 aromatic heterocycles. The summed E-state index contributed by atoms with van der Waals surface area (Å²) in [6, 6.07) is 5.00. The Hall–Kier alpha value is -1.03. The summed E-state index contributed by atoms with van der Waals surface area (Å²) in [5, 5.41) is 12.4. The molecule has 0 aliphatic heterocycles. The van der Waals surface area contributed by atoms with Crippen molar-refractivity contribution in [1.29, 1.82) is 0 Å². The van der Waals surface area contributed by atoms with E-state index in [1.807, 2.05) is 0 Å². The van der Waals surface area contributed by atoms with Gasteiger partial charge in [0.1, 0.15) is 5.75 Å². The summed E-state index contributed by atoms with van der Waals surface area (Å²) in [5.41, 5.74) is 1.17. The van der Waals surface area contributed by atoms with E-state index in [0.717, 1.165) is 0 Å². The molecule has 0 radical (unpaired) electrons. The van der Waals surface area contributed by atoms with Crippen LogP contribution in [0.2, 0.25) is 0 Å². The number of hydrogen-bond donors (Lipinski definition) is 2. The number of rotatable bonds is 4. The van der Waals surface area contributed by atoms with Crippen molar-refractivity contribution in [3.63, 3.8) is 0 Å². The van der Waals surface area contributed by atoms with Gasteiger partial charge in [-0.25, -0.2) is 0 Å². The lowest BCUT2D eigenvalue weighted by molar-refractivity contribution is 0.0952. The lowest BCUT2D eigenvalue weighted by Gasteiger charge is -2.11. The number of carbonyl (C=O) groups is 1. The highest BCUT2D eigenvalue weighted by Gasteiger charge is 2.29. The van der Waals surface area contributed by atoms with Gasteiger partial charge in [0, 0.05) is 22.5 Å². The minimum absolute atomic E-state index is 0.122.